The Hall–Kier alpha value is -1.26. The summed E-state index contributed by atoms with van der Waals surface area (Å²) in [5, 5.41) is 0.707. The quantitative estimate of drug-likeness (QED) is 0.859. The van der Waals surface area contributed by atoms with Crippen molar-refractivity contribution in [2.75, 3.05) is 5.73 Å². The summed E-state index contributed by atoms with van der Waals surface area (Å²) >= 11 is 7.68. The minimum atomic E-state index is 0.602. The first-order chi connectivity index (χ1) is 8.24. The number of rotatable bonds is 1. The molecule has 86 valence electrons. The molecule has 5 heteroatoms. The number of anilines is 1. The van der Waals surface area contributed by atoms with E-state index in [-0.39, 0.29) is 0 Å². The highest BCUT2D eigenvalue weighted by atomic mass is 35.5. The average Bonchev–Trinajstić information content (AvgIpc) is 2.78. The van der Waals surface area contributed by atoms with Crippen molar-refractivity contribution in [3.63, 3.8) is 0 Å². The Morgan fingerprint density at radius 2 is 1.88 bits per heavy atom. The van der Waals surface area contributed by atoms with Gasteiger partial charge in [-0.05, 0) is 24.3 Å². The number of thioether (sulfide) groups is 1. The predicted molar refractivity (Wildman–Crippen MR) is 71.9 cm³/mol. The van der Waals surface area contributed by atoms with Gasteiger partial charge in [0.2, 0.25) is 0 Å². The molecule has 3 rings (SSSR count). The lowest BCUT2D eigenvalue weighted by Crippen LogP contribution is -2.02. The van der Waals surface area contributed by atoms with Crippen molar-refractivity contribution in [1.82, 2.24) is 9.97 Å². The van der Waals surface area contributed by atoms with Gasteiger partial charge in [0.05, 0.1) is 5.69 Å². The molecule has 0 saturated heterocycles. The molecule has 0 bridgehead atoms. The van der Waals surface area contributed by atoms with Crippen LogP contribution in [0.2, 0.25) is 5.02 Å². The van der Waals surface area contributed by atoms with Gasteiger partial charge in [-0.2, -0.15) is 11.8 Å². The van der Waals surface area contributed by atoms with E-state index in [2.05, 4.69) is 9.97 Å². The molecule has 3 nitrogen and oxygen atoms in total. The summed E-state index contributed by atoms with van der Waals surface area (Å²) in [6, 6.07) is 7.48. The van der Waals surface area contributed by atoms with Crippen molar-refractivity contribution in [3.8, 4) is 11.4 Å². The first kappa shape index (κ1) is 10.9. The van der Waals surface area contributed by atoms with Gasteiger partial charge in [-0.25, -0.2) is 9.97 Å². The molecule has 1 aliphatic heterocycles. The van der Waals surface area contributed by atoms with E-state index in [1.165, 1.54) is 0 Å². The van der Waals surface area contributed by atoms with Crippen LogP contribution in [0.15, 0.2) is 24.3 Å². The van der Waals surface area contributed by atoms with E-state index >= 15 is 0 Å². The number of fused-ring (bicyclic) bond motifs is 1. The first-order valence-electron chi connectivity index (χ1n) is 5.23. The van der Waals surface area contributed by atoms with Gasteiger partial charge >= 0.3 is 0 Å². The Labute approximate surface area is 108 Å². The second-order valence-electron chi connectivity index (χ2n) is 3.86. The molecule has 0 spiro atoms. The Morgan fingerprint density at radius 3 is 2.65 bits per heavy atom. The normalized spacial score (nSPS) is 13.7. The highest BCUT2D eigenvalue weighted by Gasteiger charge is 2.18. The third kappa shape index (κ3) is 1.98. The van der Waals surface area contributed by atoms with E-state index in [9.17, 15) is 0 Å². The Morgan fingerprint density at radius 1 is 1.12 bits per heavy atom. The van der Waals surface area contributed by atoms with E-state index in [1.807, 2.05) is 36.0 Å². The SMILES string of the molecule is Nc1nc(-c2ccc(Cl)cc2)nc2c1CSC2. The van der Waals surface area contributed by atoms with Crippen molar-refractivity contribution in [3.05, 3.63) is 40.5 Å². The largest absolute Gasteiger partial charge is 0.383 e. The fraction of sp³-hybridized carbons (Fsp3) is 0.167. The van der Waals surface area contributed by atoms with Gasteiger partial charge in [0, 0.05) is 27.7 Å². The molecular weight excluding hydrogens is 254 g/mol. The summed E-state index contributed by atoms with van der Waals surface area (Å²) in [4.78, 5) is 8.91. The van der Waals surface area contributed by atoms with Crippen LogP contribution < -0.4 is 5.73 Å². The van der Waals surface area contributed by atoms with Gasteiger partial charge in [-0.1, -0.05) is 11.6 Å². The fourth-order valence-electron chi connectivity index (χ4n) is 1.80. The number of hydrogen-bond donors (Lipinski definition) is 1. The van der Waals surface area contributed by atoms with Gasteiger partial charge in [-0.3, -0.25) is 0 Å². The summed E-state index contributed by atoms with van der Waals surface area (Å²) in [6.45, 7) is 0. The molecule has 0 unspecified atom stereocenters. The number of benzene rings is 1. The van der Waals surface area contributed by atoms with Crippen LogP contribution in [-0.2, 0) is 11.5 Å². The van der Waals surface area contributed by atoms with Crippen molar-refractivity contribution >= 4 is 29.2 Å². The number of nitrogens with two attached hydrogens (primary N) is 1. The maximum atomic E-state index is 5.95. The maximum absolute atomic E-state index is 5.95. The minimum Gasteiger partial charge on any atom is -0.383 e. The predicted octanol–water partition coefficient (Wildman–Crippen LogP) is 3.13. The van der Waals surface area contributed by atoms with Crippen molar-refractivity contribution < 1.29 is 0 Å². The summed E-state index contributed by atoms with van der Waals surface area (Å²) in [5.74, 6) is 3.12. The van der Waals surface area contributed by atoms with Crippen LogP contribution in [0.1, 0.15) is 11.3 Å². The molecule has 2 aromatic rings. The van der Waals surface area contributed by atoms with Gasteiger partial charge < -0.3 is 5.73 Å². The third-order valence-corrected chi connectivity index (χ3v) is 3.93. The molecule has 2 N–H and O–H groups in total. The molecule has 17 heavy (non-hydrogen) atoms. The van der Waals surface area contributed by atoms with Crippen LogP contribution >= 0.6 is 23.4 Å². The topological polar surface area (TPSA) is 51.8 Å². The van der Waals surface area contributed by atoms with E-state index in [4.69, 9.17) is 17.3 Å². The van der Waals surface area contributed by atoms with E-state index in [1.54, 1.807) is 0 Å². The standard InChI is InChI=1S/C12H10ClN3S/c13-8-3-1-7(2-4-8)12-15-10-6-17-5-9(10)11(14)16-12/h1-4H,5-6H2,(H2,14,15,16). The molecule has 0 amide bonds. The summed E-state index contributed by atoms with van der Waals surface area (Å²) in [7, 11) is 0. The van der Waals surface area contributed by atoms with E-state index in [0.717, 1.165) is 28.3 Å². The molecule has 0 radical (unpaired) electrons. The Bertz CT molecular complexity index is 569. The number of nitrogen functional groups attached to an aromatic ring is 1. The molecular formula is C12H10ClN3S. The van der Waals surface area contributed by atoms with Crippen molar-refractivity contribution in [1.29, 1.82) is 0 Å². The van der Waals surface area contributed by atoms with Gasteiger partial charge in [0.25, 0.3) is 0 Å². The van der Waals surface area contributed by atoms with Gasteiger partial charge in [-0.15, -0.1) is 0 Å². The number of nitrogens with zero attached hydrogens (tertiary/aromatic N) is 2. The van der Waals surface area contributed by atoms with E-state index < -0.39 is 0 Å². The Balaban J connectivity index is 2.10. The highest BCUT2D eigenvalue weighted by molar-refractivity contribution is 7.98. The summed E-state index contributed by atoms with van der Waals surface area (Å²) < 4.78 is 0. The molecule has 0 aliphatic carbocycles. The molecule has 1 aromatic carbocycles. The first-order valence-corrected chi connectivity index (χ1v) is 6.76. The van der Waals surface area contributed by atoms with Crippen LogP contribution in [0.3, 0.4) is 0 Å². The highest BCUT2D eigenvalue weighted by Crippen LogP contribution is 2.33. The lowest BCUT2D eigenvalue weighted by atomic mass is 10.2. The summed E-state index contributed by atoms with van der Waals surface area (Å²) in [5.41, 5.74) is 9.05. The van der Waals surface area contributed by atoms with Crippen molar-refractivity contribution in [2.45, 2.75) is 11.5 Å². The van der Waals surface area contributed by atoms with Crippen molar-refractivity contribution in [2.24, 2.45) is 0 Å². The lowest BCUT2D eigenvalue weighted by molar-refractivity contribution is 1.08. The molecule has 0 saturated carbocycles. The second kappa shape index (κ2) is 4.20. The minimum absolute atomic E-state index is 0.602. The third-order valence-electron chi connectivity index (χ3n) is 2.71. The number of aromatic nitrogens is 2. The zero-order chi connectivity index (χ0) is 11.8. The van der Waals surface area contributed by atoms with E-state index in [0.29, 0.717) is 16.7 Å². The fourth-order valence-corrected chi connectivity index (χ4v) is 2.98. The van der Waals surface area contributed by atoms with Crippen LogP contribution in [-0.4, -0.2) is 9.97 Å². The van der Waals surface area contributed by atoms with Crippen LogP contribution in [0.4, 0.5) is 5.82 Å². The van der Waals surface area contributed by atoms with Gasteiger partial charge in [0.15, 0.2) is 5.82 Å². The maximum Gasteiger partial charge on any atom is 0.161 e. The van der Waals surface area contributed by atoms with Crippen LogP contribution in [0.5, 0.6) is 0 Å². The lowest BCUT2D eigenvalue weighted by Gasteiger charge is -2.06. The molecule has 0 atom stereocenters. The molecule has 2 heterocycles. The molecule has 1 aliphatic rings. The molecule has 0 fully saturated rings. The molecule has 1 aromatic heterocycles. The zero-order valence-electron chi connectivity index (χ0n) is 8.98. The second-order valence-corrected chi connectivity index (χ2v) is 5.28. The number of hydrogen-bond acceptors (Lipinski definition) is 4. The summed E-state index contributed by atoms with van der Waals surface area (Å²) in [6.07, 6.45) is 0. The van der Waals surface area contributed by atoms with Crippen LogP contribution in [0.25, 0.3) is 11.4 Å². The monoisotopic (exact) mass is 263 g/mol. The van der Waals surface area contributed by atoms with Crippen LogP contribution in [0, 0.1) is 0 Å². The van der Waals surface area contributed by atoms with Gasteiger partial charge in [0.1, 0.15) is 5.82 Å². The number of halogens is 1. The Kier molecular flexibility index (Phi) is 2.68. The average molecular weight is 264 g/mol. The zero-order valence-corrected chi connectivity index (χ0v) is 10.6. The smallest absolute Gasteiger partial charge is 0.161 e.